The SMILES string of the molecule is CCN(C(=O)N1CC(=O)NCC1C(=O)O)C(C)CN(C)C. The van der Waals surface area contributed by atoms with Crippen LogP contribution in [0, 0.1) is 0 Å². The second-order valence-corrected chi connectivity index (χ2v) is 5.47. The summed E-state index contributed by atoms with van der Waals surface area (Å²) >= 11 is 0. The summed E-state index contributed by atoms with van der Waals surface area (Å²) in [5.41, 5.74) is 0. The first-order valence-electron chi connectivity index (χ1n) is 6.99. The third-order valence-electron chi connectivity index (χ3n) is 3.46. The van der Waals surface area contributed by atoms with E-state index in [2.05, 4.69) is 5.32 Å². The Balaban J connectivity index is 2.89. The largest absolute Gasteiger partial charge is 0.480 e. The lowest BCUT2D eigenvalue weighted by Crippen LogP contribution is -2.63. The summed E-state index contributed by atoms with van der Waals surface area (Å²) in [7, 11) is 3.81. The molecule has 8 heteroatoms. The topological polar surface area (TPSA) is 93.2 Å². The number of carboxylic acid groups (broad SMARTS) is 1. The summed E-state index contributed by atoms with van der Waals surface area (Å²) in [5, 5.41) is 11.7. The maximum atomic E-state index is 12.6. The fourth-order valence-electron chi connectivity index (χ4n) is 2.49. The zero-order valence-electron chi connectivity index (χ0n) is 13.0. The van der Waals surface area contributed by atoms with E-state index in [-0.39, 0.29) is 25.0 Å². The fraction of sp³-hybridized carbons (Fsp3) is 0.769. The van der Waals surface area contributed by atoms with E-state index in [1.54, 1.807) is 4.90 Å². The van der Waals surface area contributed by atoms with Gasteiger partial charge in [-0.05, 0) is 27.9 Å². The van der Waals surface area contributed by atoms with Gasteiger partial charge in [-0.1, -0.05) is 0 Å². The maximum absolute atomic E-state index is 12.6. The monoisotopic (exact) mass is 300 g/mol. The highest BCUT2D eigenvalue weighted by molar-refractivity contribution is 5.90. The highest BCUT2D eigenvalue weighted by Gasteiger charge is 2.37. The molecule has 2 unspecified atom stereocenters. The van der Waals surface area contributed by atoms with Crippen molar-refractivity contribution in [2.45, 2.75) is 25.9 Å². The summed E-state index contributed by atoms with van der Waals surface area (Å²) in [6.07, 6.45) is 0. The van der Waals surface area contributed by atoms with Gasteiger partial charge >= 0.3 is 12.0 Å². The molecule has 0 radical (unpaired) electrons. The van der Waals surface area contributed by atoms with E-state index in [4.69, 9.17) is 0 Å². The quantitative estimate of drug-likeness (QED) is 0.698. The van der Waals surface area contributed by atoms with Gasteiger partial charge in [0.15, 0.2) is 0 Å². The number of aliphatic carboxylic acids is 1. The van der Waals surface area contributed by atoms with Crippen LogP contribution >= 0.6 is 0 Å². The summed E-state index contributed by atoms with van der Waals surface area (Å²) in [6.45, 7) is 4.58. The molecule has 1 fully saturated rings. The van der Waals surface area contributed by atoms with Gasteiger partial charge in [-0.25, -0.2) is 9.59 Å². The van der Waals surface area contributed by atoms with E-state index in [9.17, 15) is 19.5 Å². The highest BCUT2D eigenvalue weighted by atomic mass is 16.4. The molecule has 2 atom stereocenters. The fourth-order valence-corrected chi connectivity index (χ4v) is 2.49. The van der Waals surface area contributed by atoms with Crippen molar-refractivity contribution in [3.05, 3.63) is 0 Å². The molecular weight excluding hydrogens is 276 g/mol. The van der Waals surface area contributed by atoms with Crippen LogP contribution in [-0.4, -0.2) is 90.1 Å². The number of carbonyl (C=O) groups is 3. The Hall–Kier alpha value is -1.83. The molecule has 1 saturated heterocycles. The molecule has 1 heterocycles. The molecule has 1 aliphatic heterocycles. The minimum absolute atomic E-state index is 0.0560. The van der Waals surface area contributed by atoms with Crippen molar-refractivity contribution in [2.75, 3.05) is 40.3 Å². The zero-order chi connectivity index (χ0) is 16.2. The van der Waals surface area contributed by atoms with Gasteiger partial charge in [0.05, 0.1) is 0 Å². The smallest absolute Gasteiger partial charge is 0.328 e. The lowest BCUT2D eigenvalue weighted by Gasteiger charge is -2.39. The van der Waals surface area contributed by atoms with Gasteiger partial charge in [0.25, 0.3) is 0 Å². The Morgan fingerprint density at radius 1 is 1.48 bits per heavy atom. The lowest BCUT2D eigenvalue weighted by molar-refractivity contribution is -0.144. The van der Waals surface area contributed by atoms with Gasteiger partial charge in [-0.15, -0.1) is 0 Å². The van der Waals surface area contributed by atoms with E-state index in [1.807, 2.05) is 32.8 Å². The first-order valence-corrected chi connectivity index (χ1v) is 6.99. The highest BCUT2D eigenvalue weighted by Crippen LogP contribution is 2.12. The van der Waals surface area contributed by atoms with Gasteiger partial charge < -0.3 is 20.2 Å². The van der Waals surface area contributed by atoms with E-state index in [0.29, 0.717) is 13.1 Å². The molecule has 0 aromatic carbocycles. The zero-order valence-corrected chi connectivity index (χ0v) is 13.0. The number of rotatable bonds is 5. The summed E-state index contributed by atoms with van der Waals surface area (Å²) < 4.78 is 0. The Bertz CT molecular complexity index is 413. The number of piperazine rings is 1. The number of carboxylic acids is 1. The third kappa shape index (κ3) is 4.32. The van der Waals surface area contributed by atoms with Crippen LogP contribution in [0.25, 0.3) is 0 Å². The second-order valence-electron chi connectivity index (χ2n) is 5.47. The van der Waals surface area contributed by atoms with Crippen LogP contribution in [-0.2, 0) is 9.59 Å². The van der Waals surface area contributed by atoms with Crippen LogP contribution in [0.4, 0.5) is 4.79 Å². The lowest BCUT2D eigenvalue weighted by atomic mass is 10.2. The van der Waals surface area contributed by atoms with Gasteiger partial charge in [0.1, 0.15) is 12.6 Å². The summed E-state index contributed by atoms with van der Waals surface area (Å²) in [4.78, 5) is 40.0. The van der Waals surface area contributed by atoms with Gasteiger partial charge in [-0.3, -0.25) is 9.69 Å². The van der Waals surface area contributed by atoms with E-state index in [1.165, 1.54) is 0 Å². The predicted octanol–water partition coefficient (Wildman–Crippen LogP) is -0.737. The van der Waals surface area contributed by atoms with Gasteiger partial charge in [0, 0.05) is 25.7 Å². The molecule has 0 aromatic heterocycles. The number of hydrogen-bond donors (Lipinski definition) is 2. The van der Waals surface area contributed by atoms with Crippen molar-refractivity contribution < 1.29 is 19.5 Å². The van der Waals surface area contributed by atoms with Gasteiger partial charge in [-0.2, -0.15) is 0 Å². The van der Waals surface area contributed by atoms with Crippen LogP contribution in [0.3, 0.4) is 0 Å². The Morgan fingerprint density at radius 3 is 2.57 bits per heavy atom. The van der Waals surface area contributed by atoms with Crippen molar-refractivity contribution in [1.82, 2.24) is 20.0 Å². The number of urea groups is 1. The van der Waals surface area contributed by atoms with Crippen LogP contribution in [0.15, 0.2) is 0 Å². The molecular formula is C13H24N4O4. The number of hydrogen-bond acceptors (Lipinski definition) is 4. The second kappa shape index (κ2) is 7.26. The number of nitrogens with zero attached hydrogens (tertiary/aromatic N) is 3. The number of carbonyl (C=O) groups excluding carboxylic acids is 2. The first-order chi connectivity index (χ1) is 9.77. The molecule has 120 valence electrons. The minimum Gasteiger partial charge on any atom is -0.480 e. The van der Waals surface area contributed by atoms with Crippen molar-refractivity contribution in [3.63, 3.8) is 0 Å². The third-order valence-corrected chi connectivity index (χ3v) is 3.46. The van der Waals surface area contributed by atoms with Crippen molar-refractivity contribution >= 4 is 17.9 Å². The summed E-state index contributed by atoms with van der Waals surface area (Å²) in [5.74, 6) is -1.45. The molecule has 1 rings (SSSR count). The molecule has 21 heavy (non-hydrogen) atoms. The number of nitrogens with one attached hydrogen (secondary N) is 1. The minimum atomic E-state index is -1.11. The molecule has 1 aliphatic rings. The average Bonchev–Trinajstić information content (AvgIpc) is 2.37. The van der Waals surface area contributed by atoms with Crippen LogP contribution in [0.5, 0.6) is 0 Å². The van der Waals surface area contributed by atoms with Crippen molar-refractivity contribution in [2.24, 2.45) is 0 Å². The Labute approximate surface area is 124 Å². The van der Waals surface area contributed by atoms with Crippen LogP contribution in [0.1, 0.15) is 13.8 Å². The molecule has 0 bridgehead atoms. The molecule has 0 spiro atoms. The van der Waals surface area contributed by atoms with Gasteiger partial charge in [0.2, 0.25) is 5.91 Å². The van der Waals surface area contributed by atoms with Crippen LogP contribution in [0.2, 0.25) is 0 Å². The molecule has 0 aliphatic carbocycles. The molecule has 3 amide bonds. The molecule has 0 aromatic rings. The van der Waals surface area contributed by atoms with E-state index < -0.39 is 18.0 Å². The molecule has 2 N–H and O–H groups in total. The maximum Gasteiger partial charge on any atom is 0.328 e. The normalized spacial score (nSPS) is 20.1. The first kappa shape index (κ1) is 17.2. The number of amides is 3. The Kier molecular flexibility index (Phi) is 5.95. The standard InChI is InChI=1S/C13H24N4O4/c1-5-16(9(2)7-15(3)4)13(21)17-8-11(18)14-6-10(17)12(19)20/h9-10H,5-8H2,1-4H3,(H,14,18)(H,19,20). The average molecular weight is 300 g/mol. The van der Waals surface area contributed by atoms with Crippen molar-refractivity contribution in [3.8, 4) is 0 Å². The van der Waals surface area contributed by atoms with E-state index in [0.717, 1.165) is 4.90 Å². The molecule has 8 nitrogen and oxygen atoms in total. The number of likely N-dealkylation sites (N-methyl/N-ethyl adjacent to an activating group) is 2. The summed E-state index contributed by atoms with van der Waals surface area (Å²) in [6, 6.07) is -1.50. The van der Waals surface area contributed by atoms with Crippen LogP contribution < -0.4 is 5.32 Å². The molecule has 0 saturated carbocycles. The Morgan fingerprint density at radius 2 is 2.10 bits per heavy atom. The van der Waals surface area contributed by atoms with E-state index >= 15 is 0 Å². The van der Waals surface area contributed by atoms with Crippen molar-refractivity contribution in [1.29, 1.82) is 0 Å². The predicted molar refractivity (Wildman–Crippen MR) is 76.9 cm³/mol.